The number of nitrogens with two attached hydrogens (primary N) is 1. The number of carbonyl (C=O) groups is 1. The molecule has 0 heterocycles. The fraction of sp³-hybridized carbons (Fsp3) is 0.588. The van der Waals surface area contributed by atoms with E-state index in [1.165, 1.54) is 16.7 Å². The largest absolute Gasteiger partial charge is 0.341 e. The van der Waals surface area contributed by atoms with Crippen molar-refractivity contribution < 1.29 is 4.79 Å². The van der Waals surface area contributed by atoms with Crippen molar-refractivity contribution in [1.29, 1.82) is 0 Å². The van der Waals surface area contributed by atoms with Gasteiger partial charge in [-0.05, 0) is 37.8 Å². The van der Waals surface area contributed by atoms with Gasteiger partial charge in [0.05, 0.1) is 5.92 Å². The van der Waals surface area contributed by atoms with Crippen LogP contribution in [-0.2, 0) is 11.3 Å². The Bertz CT molecular complexity index is 484. The van der Waals surface area contributed by atoms with E-state index in [0.29, 0.717) is 6.54 Å². The zero-order chi connectivity index (χ0) is 14.7. The molecule has 0 bridgehead atoms. The van der Waals surface area contributed by atoms with Gasteiger partial charge in [-0.25, -0.2) is 0 Å². The standard InChI is InChI=1S/C17H26N2O/c1-12-8-9-14(13(2)10-12)11-19(3)17(20)15-6-4-5-7-16(15)18/h8-10,15-16H,4-7,11,18H2,1-3H3. The van der Waals surface area contributed by atoms with Crippen molar-refractivity contribution in [3.05, 3.63) is 34.9 Å². The highest BCUT2D eigenvalue weighted by Crippen LogP contribution is 2.25. The second kappa shape index (κ2) is 6.40. The lowest BCUT2D eigenvalue weighted by Gasteiger charge is -2.31. The number of carbonyl (C=O) groups excluding carboxylic acids is 1. The summed E-state index contributed by atoms with van der Waals surface area (Å²) in [6.45, 7) is 4.87. The molecular weight excluding hydrogens is 248 g/mol. The van der Waals surface area contributed by atoms with Gasteiger partial charge < -0.3 is 10.6 Å². The van der Waals surface area contributed by atoms with Crippen LogP contribution in [0.1, 0.15) is 42.4 Å². The van der Waals surface area contributed by atoms with E-state index in [0.717, 1.165) is 25.7 Å². The third-order valence-corrected chi connectivity index (χ3v) is 4.42. The SMILES string of the molecule is Cc1ccc(CN(C)C(=O)C2CCCCC2N)c(C)c1. The highest BCUT2D eigenvalue weighted by Gasteiger charge is 2.30. The molecule has 110 valence electrons. The van der Waals surface area contributed by atoms with Crippen LogP contribution < -0.4 is 5.73 Å². The summed E-state index contributed by atoms with van der Waals surface area (Å²) in [4.78, 5) is 14.4. The van der Waals surface area contributed by atoms with Crippen LogP contribution in [0.2, 0.25) is 0 Å². The molecule has 2 N–H and O–H groups in total. The van der Waals surface area contributed by atoms with Crippen LogP contribution in [0.15, 0.2) is 18.2 Å². The second-order valence-electron chi connectivity index (χ2n) is 6.18. The highest BCUT2D eigenvalue weighted by molar-refractivity contribution is 5.79. The van der Waals surface area contributed by atoms with Gasteiger partial charge in [-0.1, -0.05) is 36.6 Å². The number of benzene rings is 1. The van der Waals surface area contributed by atoms with E-state index in [1.54, 1.807) is 0 Å². The third kappa shape index (κ3) is 3.40. The van der Waals surface area contributed by atoms with Crippen LogP contribution in [0.5, 0.6) is 0 Å². The predicted molar refractivity (Wildman–Crippen MR) is 82.3 cm³/mol. The summed E-state index contributed by atoms with van der Waals surface area (Å²) < 4.78 is 0. The summed E-state index contributed by atoms with van der Waals surface area (Å²) in [6, 6.07) is 6.43. The van der Waals surface area contributed by atoms with Crippen molar-refractivity contribution in [3.63, 3.8) is 0 Å². The summed E-state index contributed by atoms with van der Waals surface area (Å²) in [5.41, 5.74) is 9.84. The van der Waals surface area contributed by atoms with Gasteiger partial charge in [-0.2, -0.15) is 0 Å². The van der Waals surface area contributed by atoms with Crippen LogP contribution in [0, 0.1) is 19.8 Å². The average Bonchev–Trinajstić information content (AvgIpc) is 2.41. The van der Waals surface area contributed by atoms with Crippen molar-refractivity contribution in [1.82, 2.24) is 4.90 Å². The molecule has 1 aliphatic rings. The Balaban J connectivity index is 2.03. The van der Waals surface area contributed by atoms with Crippen LogP contribution >= 0.6 is 0 Å². The van der Waals surface area contributed by atoms with E-state index in [1.807, 2.05) is 11.9 Å². The first-order chi connectivity index (χ1) is 9.49. The maximum Gasteiger partial charge on any atom is 0.227 e. The van der Waals surface area contributed by atoms with Gasteiger partial charge in [0.1, 0.15) is 0 Å². The van der Waals surface area contributed by atoms with Crippen LogP contribution in [0.4, 0.5) is 0 Å². The highest BCUT2D eigenvalue weighted by atomic mass is 16.2. The fourth-order valence-corrected chi connectivity index (χ4v) is 3.11. The van der Waals surface area contributed by atoms with Gasteiger partial charge in [0.15, 0.2) is 0 Å². The molecule has 3 heteroatoms. The summed E-state index contributed by atoms with van der Waals surface area (Å²) in [5.74, 6) is 0.219. The number of aryl methyl sites for hydroxylation is 2. The number of rotatable bonds is 3. The molecule has 0 radical (unpaired) electrons. The molecule has 20 heavy (non-hydrogen) atoms. The molecule has 0 saturated heterocycles. The number of amides is 1. The number of nitrogens with zero attached hydrogens (tertiary/aromatic N) is 1. The minimum atomic E-state index is 0.0134. The van der Waals surface area contributed by atoms with Gasteiger partial charge in [-0.3, -0.25) is 4.79 Å². The summed E-state index contributed by atoms with van der Waals surface area (Å²) in [5, 5.41) is 0. The van der Waals surface area contributed by atoms with Gasteiger partial charge in [0, 0.05) is 19.6 Å². The van der Waals surface area contributed by atoms with E-state index in [4.69, 9.17) is 5.73 Å². The molecule has 2 atom stereocenters. The maximum absolute atomic E-state index is 12.5. The fourth-order valence-electron chi connectivity index (χ4n) is 3.11. The van der Waals surface area contributed by atoms with Crippen molar-refractivity contribution in [2.75, 3.05) is 7.05 Å². The average molecular weight is 274 g/mol. The Kier molecular flexibility index (Phi) is 4.81. The third-order valence-electron chi connectivity index (χ3n) is 4.42. The van der Waals surface area contributed by atoms with Crippen LogP contribution in [0.3, 0.4) is 0 Å². The molecule has 1 aliphatic carbocycles. The van der Waals surface area contributed by atoms with Gasteiger partial charge in [0.25, 0.3) is 0 Å². The smallest absolute Gasteiger partial charge is 0.227 e. The van der Waals surface area contributed by atoms with E-state index in [-0.39, 0.29) is 17.9 Å². The monoisotopic (exact) mass is 274 g/mol. The Labute approximate surface area is 122 Å². The summed E-state index contributed by atoms with van der Waals surface area (Å²) in [7, 11) is 1.89. The Hall–Kier alpha value is -1.35. The van der Waals surface area contributed by atoms with Crippen molar-refractivity contribution >= 4 is 5.91 Å². The summed E-state index contributed by atoms with van der Waals surface area (Å²) >= 11 is 0. The first kappa shape index (κ1) is 15.0. The molecule has 2 rings (SSSR count). The molecule has 2 unspecified atom stereocenters. The topological polar surface area (TPSA) is 46.3 Å². The Morgan fingerprint density at radius 3 is 2.65 bits per heavy atom. The molecule has 1 aromatic carbocycles. The van der Waals surface area contributed by atoms with Crippen molar-refractivity contribution in [2.24, 2.45) is 11.7 Å². The first-order valence-electron chi connectivity index (χ1n) is 7.55. The quantitative estimate of drug-likeness (QED) is 0.921. The number of hydrogen-bond donors (Lipinski definition) is 1. The van der Waals surface area contributed by atoms with Crippen LogP contribution in [-0.4, -0.2) is 23.9 Å². The molecule has 1 aromatic rings. The minimum Gasteiger partial charge on any atom is -0.341 e. The summed E-state index contributed by atoms with van der Waals surface area (Å²) in [6.07, 6.45) is 4.21. The van der Waals surface area contributed by atoms with Gasteiger partial charge in [0.2, 0.25) is 5.91 Å². The predicted octanol–water partition coefficient (Wildman–Crippen LogP) is 2.78. The van der Waals surface area contributed by atoms with Gasteiger partial charge >= 0.3 is 0 Å². The maximum atomic E-state index is 12.5. The molecular formula is C17H26N2O. The molecule has 0 aromatic heterocycles. The molecule has 1 fully saturated rings. The molecule has 0 aliphatic heterocycles. The van der Waals surface area contributed by atoms with Gasteiger partial charge in [-0.15, -0.1) is 0 Å². The normalized spacial score (nSPS) is 22.6. The van der Waals surface area contributed by atoms with E-state index < -0.39 is 0 Å². The minimum absolute atomic E-state index is 0.0134. The number of hydrogen-bond acceptors (Lipinski definition) is 2. The van der Waals surface area contributed by atoms with E-state index in [9.17, 15) is 4.79 Å². The zero-order valence-corrected chi connectivity index (χ0v) is 12.9. The Morgan fingerprint density at radius 1 is 1.30 bits per heavy atom. The zero-order valence-electron chi connectivity index (χ0n) is 12.9. The lowest BCUT2D eigenvalue weighted by molar-refractivity contribution is -0.136. The lowest BCUT2D eigenvalue weighted by Crippen LogP contribution is -2.44. The molecule has 1 amide bonds. The van der Waals surface area contributed by atoms with E-state index >= 15 is 0 Å². The van der Waals surface area contributed by atoms with E-state index in [2.05, 4.69) is 32.0 Å². The van der Waals surface area contributed by atoms with Crippen molar-refractivity contribution in [3.8, 4) is 0 Å². The first-order valence-corrected chi connectivity index (χ1v) is 7.55. The lowest BCUT2D eigenvalue weighted by atomic mass is 9.84. The molecule has 3 nitrogen and oxygen atoms in total. The molecule has 1 saturated carbocycles. The Morgan fingerprint density at radius 2 is 2.00 bits per heavy atom. The second-order valence-corrected chi connectivity index (χ2v) is 6.18. The molecule has 0 spiro atoms. The van der Waals surface area contributed by atoms with Crippen molar-refractivity contribution in [2.45, 2.75) is 52.1 Å². The van der Waals surface area contributed by atoms with Crippen LogP contribution in [0.25, 0.3) is 0 Å².